The summed E-state index contributed by atoms with van der Waals surface area (Å²) >= 11 is 0. The lowest BCUT2D eigenvalue weighted by Gasteiger charge is -2.08. The zero-order valence-corrected chi connectivity index (χ0v) is 15.3. The average Bonchev–Trinajstić information content (AvgIpc) is 3.08. The zero-order valence-electron chi connectivity index (χ0n) is 15.3. The lowest BCUT2D eigenvalue weighted by atomic mass is 10.1. The van der Waals surface area contributed by atoms with Crippen LogP contribution in [0.4, 0.5) is 0 Å². The standard InChI is InChI=1S/C21H21N3O3/c1-3-27-21(26)19-14-23-24(15(19)2)18-11-9-17(10-12-18)20(25)22-13-16-7-5-4-6-8-16/h4-12,14H,3,13H2,1-2H3,(H,22,25). The summed E-state index contributed by atoms with van der Waals surface area (Å²) in [6.45, 7) is 4.36. The summed E-state index contributed by atoms with van der Waals surface area (Å²) in [6.07, 6.45) is 1.49. The maximum atomic E-state index is 12.3. The van der Waals surface area contributed by atoms with Crippen LogP contribution in [0.1, 0.15) is 38.9 Å². The quantitative estimate of drug-likeness (QED) is 0.682. The number of ether oxygens (including phenoxy) is 1. The molecule has 3 aromatic rings. The summed E-state index contributed by atoms with van der Waals surface area (Å²) in [6, 6.07) is 16.8. The van der Waals surface area contributed by atoms with Crippen molar-refractivity contribution >= 4 is 11.9 Å². The Hall–Kier alpha value is -3.41. The predicted molar refractivity (Wildman–Crippen MR) is 102 cm³/mol. The van der Waals surface area contributed by atoms with Gasteiger partial charge in [0, 0.05) is 12.1 Å². The van der Waals surface area contributed by atoms with E-state index < -0.39 is 5.97 Å². The Morgan fingerprint density at radius 3 is 2.44 bits per heavy atom. The van der Waals surface area contributed by atoms with E-state index >= 15 is 0 Å². The van der Waals surface area contributed by atoms with Crippen molar-refractivity contribution in [3.8, 4) is 5.69 Å². The third-order valence-corrected chi connectivity index (χ3v) is 4.18. The van der Waals surface area contributed by atoms with Crippen molar-refractivity contribution in [1.29, 1.82) is 0 Å². The minimum Gasteiger partial charge on any atom is -0.462 e. The van der Waals surface area contributed by atoms with Gasteiger partial charge in [-0.25, -0.2) is 9.48 Å². The van der Waals surface area contributed by atoms with E-state index in [0.29, 0.717) is 30.0 Å². The molecular weight excluding hydrogens is 342 g/mol. The second-order valence-corrected chi connectivity index (χ2v) is 5.99. The highest BCUT2D eigenvalue weighted by molar-refractivity contribution is 5.94. The van der Waals surface area contributed by atoms with Gasteiger partial charge in [0.15, 0.2) is 0 Å². The minimum absolute atomic E-state index is 0.144. The van der Waals surface area contributed by atoms with Crippen LogP contribution >= 0.6 is 0 Å². The van der Waals surface area contributed by atoms with Crippen LogP contribution in [0.2, 0.25) is 0 Å². The van der Waals surface area contributed by atoms with E-state index in [9.17, 15) is 9.59 Å². The van der Waals surface area contributed by atoms with Gasteiger partial charge in [-0.15, -0.1) is 0 Å². The van der Waals surface area contributed by atoms with Gasteiger partial charge in [-0.1, -0.05) is 30.3 Å². The number of rotatable bonds is 6. The molecule has 0 bridgehead atoms. The molecule has 1 amide bonds. The fourth-order valence-electron chi connectivity index (χ4n) is 2.71. The number of esters is 1. The van der Waals surface area contributed by atoms with E-state index in [2.05, 4.69) is 10.4 Å². The summed E-state index contributed by atoms with van der Waals surface area (Å²) in [5, 5.41) is 7.15. The number of hydrogen-bond donors (Lipinski definition) is 1. The Morgan fingerprint density at radius 2 is 1.78 bits per heavy atom. The maximum Gasteiger partial charge on any atom is 0.341 e. The van der Waals surface area contributed by atoms with Gasteiger partial charge < -0.3 is 10.1 Å². The van der Waals surface area contributed by atoms with Crippen molar-refractivity contribution in [2.24, 2.45) is 0 Å². The summed E-state index contributed by atoms with van der Waals surface area (Å²) in [5.74, 6) is -0.534. The number of benzene rings is 2. The number of nitrogens with one attached hydrogen (secondary N) is 1. The molecule has 0 aliphatic rings. The summed E-state index contributed by atoms with van der Waals surface area (Å²) in [7, 11) is 0. The summed E-state index contributed by atoms with van der Waals surface area (Å²) < 4.78 is 6.68. The van der Waals surface area contributed by atoms with Crippen molar-refractivity contribution in [3.05, 3.63) is 83.2 Å². The van der Waals surface area contributed by atoms with Gasteiger partial charge in [0.25, 0.3) is 5.91 Å². The Labute approximate surface area is 157 Å². The normalized spacial score (nSPS) is 10.4. The third kappa shape index (κ3) is 4.23. The van der Waals surface area contributed by atoms with E-state index in [1.54, 1.807) is 42.8 Å². The van der Waals surface area contributed by atoms with Gasteiger partial charge in [-0.2, -0.15) is 5.10 Å². The summed E-state index contributed by atoms with van der Waals surface area (Å²) in [4.78, 5) is 24.2. The molecule has 0 fully saturated rings. The van der Waals surface area contributed by atoms with Crippen LogP contribution in [0.15, 0.2) is 60.8 Å². The highest BCUT2D eigenvalue weighted by Crippen LogP contribution is 2.16. The molecule has 3 rings (SSSR count). The molecule has 2 aromatic carbocycles. The molecule has 0 aliphatic carbocycles. The molecule has 0 spiro atoms. The number of nitrogens with zero attached hydrogens (tertiary/aromatic N) is 2. The highest BCUT2D eigenvalue weighted by atomic mass is 16.5. The van der Waals surface area contributed by atoms with Crippen LogP contribution in [0.25, 0.3) is 5.69 Å². The van der Waals surface area contributed by atoms with Crippen LogP contribution < -0.4 is 5.32 Å². The average molecular weight is 363 g/mol. The summed E-state index contributed by atoms with van der Waals surface area (Å²) in [5.41, 5.74) is 3.49. The fourth-order valence-corrected chi connectivity index (χ4v) is 2.71. The lowest BCUT2D eigenvalue weighted by Crippen LogP contribution is -2.22. The molecule has 0 unspecified atom stereocenters. The number of carbonyl (C=O) groups is 2. The van der Waals surface area contributed by atoms with E-state index in [0.717, 1.165) is 11.3 Å². The first-order chi connectivity index (χ1) is 13.1. The minimum atomic E-state index is -0.391. The molecule has 0 aliphatic heterocycles. The van der Waals surface area contributed by atoms with Gasteiger partial charge in [0.05, 0.1) is 24.2 Å². The molecule has 0 radical (unpaired) electrons. The molecule has 6 nitrogen and oxygen atoms in total. The predicted octanol–water partition coefficient (Wildman–Crippen LogP) is 3.29. The van der Waals surface area contributed by atoms with Gasteiger partial charge in [-0.3, -0.25) is 4.79 Å². The third-order valence-electron chi connectivity index (χ3n) is 4.18. The van der Waals surface area contributed by atoms with E-state index in [1.807, 2.05) is 30.3 Å². The molecule has 1 heterocycles. The van der Waals surface area contributed by atoms with Crippen molar-refractivity contribution < 1.29 is 14.3 Å². The first kappa shape index (κ1) is 18.4. The molecule has 138 valence electrons. The molecule has 1 N–H and O–H groups in total. The van der Waals surface area contributed by atoms with Crippen molar-refractivity contribution in [2.75, 3.05) is 6.61 Å². The van der Waals surface area contributed by atoms with Crippen LogP contribution in [0.3, 0.4) is 0 Å². The smallest absolute Gasteiger partial charge is 0.341 e. The number of carbonyl (C=O) groups excluding carboxylic acids is 2. The number of amides is 1. The Morgan fingerprint density at radius 1 is 1.07 bits per heavy atom. The van der Waals surface area contributed by atoms with Crippen molar-refractivity contribution in [3.63, 3.8) is 0 Å². The Balaban J connectivity index is 1.70. The van der Waals surface area contributed by atoms with Crippen molar-refractivity contribution in [2.45, 2.75) is 20.4 Å². The first-order valence-corrected chi connectivity index (χ1v) is 8.74. The molecule has 0 atom stereocenters. The zero-order chi connectivity index (χ0) is 19.2. The molecule has 0 saturated carbocycles. The number of aromatic nitrogens is 2. The van der Waals surface area contributed by atoms with Gasteiger partial charge in [-0.05, 0) is 43.7 Å². The highest BCUT2D eigenvalue weighted by Gasteiger charge is 2.16. The molecule has 0 saturated heterocycles. The molecule has 6 heteroatoms. The topological polar surface area (TPSA) is 73.2 Å². The van der Waals surface area contributed by atoms with Gasteiger partial charge in [0.1, 0.15) is 5.56 Å². The van der Waals surface area contributed by atoms with E-state index in [1.165, 1.54) is 6.20 Å². The van der Waals surface area contributed by atoms with Crippen LogP contribution in [0.5, 0.6) is 0 Å². The van der Waals surface area contributed by atoms with Gasteiger partial charge >= 0.3 is 5.97 Å². The monoisotopic (exact) mass is 363 g/mol. The fraction of sp³-hybridized carbons (Fsp3) is 0.190. The van der Waals surface area contributed by atoms with Crippen LogP contribution in [-0.2, 0) is 11.3 Å². The largest absolute Gasteiger partial charge is 0.462 e. The molecular formula is C21H21N3O3. The van der Waals surface area contributed by atoms with E-state index in [4.69, 9.17) is 4.74 Å². The van der Waals surface area contributed by atoms with Crippen LogP contribution in [-0.4, -0.2) is 28.3 Å². The second-order valence-electron chi connectivity index (χ2n) is 5.99. The van der Waals surface area contributed by atoms with Crippen LogP contribution in [0, 0.1) is 6.92 Å². The lowest BCUT2D eigenvalue weighted by molar-refractivity contribution is 0.0525. The first-order valence-electron chi connectivity index (χ1n) is 8.74. The maximum absolute atomic E-state index is 12.3. The Kier molecular flexibility index (Phi) is 5.66. The second kappa shape index (κ2) is 8.31. The number of hydrogen-bond acceptors (Lipinski definition) is 4. The van der Waals surface area contributed by atoms with Gasteiger partial charge in [0.2, 0.25) is 0 Å². The SMILES string of the molecule is CCOC(=O)c1cnn(-c2ccc(C(=O)NCc3ccccc3)cc2)c1C. The molecule has 27 heavy (non-hydrogen) atoms. The molecule has 1 aromatic heterocycles. The van der Waals surface area contributed by atoms with Crippen molar-refractivity contribution in [1.82, 2.24) is 15.1 Å². The van der Waals surface area contributed by atoms with E-state index in [-0.39, 0.29) is 5.91 Å². The Bertz CT molecular complexity index is 931.